The van der Waals surface area contributed by atoms with Crippen molar-refractivity contribution in [3.05, 3.63) is 35.6 Å². The third kappa shape index (κ3) is 5.04. The van der Waals surface area contributed by atoms with E-state index in [-0.39, 0.29) is 29.4 Å². The number of carbonyl (C=O) groups is 1. The molecule has 0 aliphatic carbocycles. The minimum Gasteiger partial charge on any atom is -0.356 e. The van der Waals surface area contributed by atoms with Crippen molar-refractivity contribution in [2.24, 2.45) is 5.92 Å². The van der Waals surface area contributed by atoms with Gasteiger partial charge < -0.3 is 5.32 Å². The monoisotopic (exact) mass is 382 g/mol. The van der Waals surface area contributed by atoms with Crippen LogP contribution in [0.4, 0.5) is 4.39 Å². The standard InChI is InChI=1S/C19H27FN2O3S/c20-18-6-2-1-4-15(18)5-3-10-21-19(23)16-7-11-22(12-8-16)17-9-13-26(24,25)14-17/h1-2,4,6,16-17H,3,5,7-14H2,(H,21,23)/t17-/m0/s1. The summed E-state index contributed by atoms with van der Waals surface area (Å²) in [6, 6.07) is 6.85. The van der Waals surface area contributed by atoms with Crippen LogP contribution >= 0.6 is 0 Å². The van der Waals surface area contributed by atoms with Crippen molar-refractivity contribution in [2.75, 3.05) is 31.1 Å². The molecule has 2 aliphatic heterocycles. The van der Waals surface area contributed by atoms with Crippen molar-refractivity contribution in [1.29, 1.82) is 0 Å². The van der Waals surface area contributed by atoms with E-state index in [1.165, 1.54) is 6.07 Å². The van der Waals surface area contributed by atoms with E-state index >= 15 is 0 Å². The molecule has 3 rings (SSSR count). The summed E-state index contributed by atoms with van der Waals surface area (Å²) in [5.74, 6) is 0.426. The third-order valence-corrected chi connectivity index (χ3v) is 7.26. The normalized spacial score (nSPS) is 23.8. The number of carbonyl (C=O) groups excluding carboxylic acids is 1. The van der Waals surface area contributed by atoms with Gasteiger partial charge in [-0.15, -0.1) is 0 Å². The molecule has 1 atom stereocenters. The van der Waals surface area contributed by atoms with E-state index in [4.69, 9.17) is 0 Å². The number of likely N-dealkylation sites (tertiary alicyclic amines) is 1. The van der Waals surface area contributed by atoms with Crippen LogP contribution in [0.25, 0.3) is 0 Å². The highest BCUT2D eigenvalue weighted by molar-refractivity contribution is 7.91. The number of hydrogen-bond donors (Lipinski definition) is 1. The molecule has 144 valence electrons. The molecule has 2 aliphatic rings. The minimum absolute atomic E-state index is 0.00211. The molecule has 5 nitrogen and oxygen atoms in total. The number of aryl methyl sites for hydroxylation is 1. The lowest BCUT2D eigenvalue weighted by Crippen LogP contribution is -2.45. The number of benzene rings is 1. The highest BCUT2D eigenvalue weighted by atomic mass is 32.2. The zero-order chi connectivity index (χ0) is 18.6. The first-order valence-electron chi connectivity index (χ1n) is 9.40. The fraction of sp³-hybridized carbons (Fsp3) is 0.632. The number of sulfone groups is 1. The number of nitrogens with one attached hydrogen (secondary N) is 1. The third-order valence-electron chi connectivity index (χ3n) is 5.51. The van der Waals surface area contributed by atoms with Crippen molar-refractivity contribution in [3.63, 3.8) is 0 Å². The van der Waals surface area contributed by atoms with E-state index in [9.17, 15) is 17.6 Å². The van der Waals surface area contributed by atoms with E-state index in [1.807, 2.05) is 6.07 Å². The fourth-order valence-electron chi connectivity index (χ4n) is 3.93. The average Bonchev–Trinajstić information content (AvgIpc) is 3.00. The summed E-state index contributed by atoms with van der Waals surface area (Å²) in [4.78, 5) is 14.5. The van der Waals surface area contributed by atoms with Crippen LogP contribution in [-0.4, -0.2) is 56.4 Å². The molecular weight excluding hydrogens is 355 g/mol. The number of nitrogens with zero attached hydrogens (tertiary/aromatic N) is 1. The lowest BCUT2D eigenvalue weighted by molar-refractivity contribution is -0.126. The van der Waals surface area contributed by atoms with Crippen molar-refractivity contribution < 1.29 is 17.6 Å². The molecule has 7 heteroatoms. The molecule has 0 unspecified atom stereocenters. The van der Waals surface area contributed by atoms with Gasteiger partial charge >= 0.3 is 0 Å². The van der Waals surface area contributed by atoms with Crippen LogP contribution in [0.1, 0.15) is 31.2 Å². The first-order valence-corrected chi connectivity index (χ1v) is 11.2. The van der Waals surface area contributed by atoms with Crippen LogP contribution in [0.5, 0.6) is 0 Å². The molecule has 1 aromatic carbocycles. The van der Waals surface area contributed by atoms with Gasteiger partial charge in [0.05, 0.1) is 11.5 Å². The van der Waals surface area contributed by atoms with Gasteiger partial charge in [0.1, 0.15) is 5.82 Å². The molecule has 1 aromatic rings. The number of rotatable bonds is 6. The van der Waals surface area contributed by atoms with Crippen molar-refractivity contribution >= 4 is 15.7 Å². The Morgan fingerprint density at radius 3 is 2.58 bits per heavy atom. The summed E-state index contributed by atoms with van der Waals surface area (Å²) < 4.78 is 36.8. The second kappa shape index (κ2) is 8.48. The van der Waals surface area contributed by atoms with Gasteiger partial charge in [-0.1, -0.05) is 18.2 Å². The summed E-state index contributed by atoms with van der Waals surface area (Å²) in [7, 11) is -2.86. The molecule has 1 amide bonds. The quantitative estimate of drug-likeness (QED) is 0.762. The topological polar surface area (TPSA) is 66.5 Å². The van der Waals surface area contributed by atoms with Gasteiger partial charge in [0, 0.05) is 18.5 Å². The van der Waals surface area contributed by atoms with Gasteiger partial charge in [-0.3, -0.25) is 9.69 Å². The average molecular weight is 383 g/mol. The SMILES string of the molecule is O=C(NCCCc1ccccc1F)C1CCN([C@H]2CCS(=O)(=O)C2)CC1. The summed E-state index contributed by atoms with van der Waals surface area (Å²) >= 11 is 0. The number of hydrogen-bond acceptors (Lipinski definition) is 4. The molecule has 0 aromatic heterocycles. The van der Waals surface area contributed by atoms with Crippen LogP contribution in [0.3, 0.4) is 0 Å². The Balaban J connectivity index is 1.35. The molecule has 0 spiro atoms. The Morgan fingerprint density at radius 2 is 1.92 bits per heavy atom. The van der Waals surface area contributed by atoms with E-state index in [0.29, 0.717) is 30.7 Å². The Hall–Kier alpha value is -1.47. The summed E-state index contributed by atoms with van der Waals surface area (Å²) in [6.07, 6.45) is 3.59. The highest BCUT2D eigenvalue weighted by Crippen LogP contribution is 2.24. The lowest BCUT2D eigenvalue weighted by Gasteiger charge is -2.34. The van der Waals surface area contributed by atoms with Gasteiger partial charge in [0.25, 0.3) is 0 Å². The summed E-state index contributed by atoms with van der Waals surface area (Å²) in [6.45, 7) is 2.12. The Morgan fingerprint density at radius 1 is 1.19 bits per heavy atom. The Bertz CT molecular complexity index is 730. The molecule has 0 saturated carbocycles. The largest absolute Gasteiger partial charge is 0.356 e. The van der Waals surface area contributed by atoms with Crippen LogP contribution < -0.4 is 5.32 Å². The second-order valence-electron chi connectivity index (χ2n) is 7.35. The van der Waals surface area contributed by atoms with E-state index < -0.39 is 9.84 Å². The number of halogens is 1. The number of piperidine rings is 1. The number of amides is 1. The zero-order valence-corrected chi connectivity index (χ0v) is 15.8. The highest BCUT2D eigenvalue weighted by Gasteiger charge is 2.35. The maximum absolute atomic E-state index is 13.5. The predicted molar refractivity (Wildman–Crippen MR) is 99.1 cm³/mol. The second-order valence-corrected chi connectivity index (χ2v) is 9.58. The van der Waals surface area contributed by atoms with Gasteiger partial charge in [0.15, 0.2) is 9.84 Å². The molecule has 0 bridgehead atoms. The molecular formula is C19H27FN2O3S. The van der Waals surface area contributed by atoms with Crippen LogP contribution in [0, 0.1) is 11.7 Å². The minimum atomic E-state index is -2.86. The van der Waals surface area contributed by atoms with E-state index in [2.05, 4.69) is 10.2 Å². The van der Waals surface area contributed by atoms with E-state index in [1.54, 1.807) is 12.1 Å². The maximum atomic E-state index is 13.5. The van der Waals surface area contributed by atoms with Crippen molar-refractivity contribution in [2.45, 2.75) is 38.1 Å². The molecule has 2 saturated heterocycles. The van der Waals surface area contributed by atoms with Gasteiger partial charge in [-0.2, -0.15) is 0 Å². The van der Waals surface area contributed by atoms with Crippen molar-refractivity contribution in [1.82, 2.24) is 10.2 Å². The van der Waals surface area contributed by atoms with Crippen LogP contribution in [0.2, 0.25) is 0 Å². The fourth-order valence-corrected chi connectivity index (χ4v) is 5.69. The first-order chi connectivity index (χ1) is 12.4. The molecule has 0 radical (unpaired) electrons. The van der Waals surface area contributed by atoms with Gasteiger partial charge in [0.2, 0.25) is 5.91 Å². The Labute approximate surface area is 154 Å². The van der Waals surface area contributed by atoms with Gasteiger partial charge in [-0.25, -0.2) is 12.8 Å². The smallest absolute Gasteiger partial charge is 0.223 e. The molecule has 26 heavy (non-hydrogen) atoms. The summed E-state index contributed by atoms with van der Waals surface area (Å²) in [5, 5.41) is 2.96. The predicted octanol–water partition coefficient (Wildman–Crippen LogP) is 1.77. The zero-order valence-electron chi connectivity index (χ0n) is 15.0. The first kappa shape index (κ1) is 19.3. The Kier molecular flexibility index (Phi) is 6.29. The van der Waals surface area contributed by atoms with Gasteiger partial charge in [-0.05, 0) is 56.8 Å². The molecule has 1 N–H and O–H groups in total. The van der Waals surface area contributed by atoms with Crippen molar-refractivity contribution in [3.8, 4) is 0 Å². The van der Waals surface area contributed by atoms with Crippen LogP contribution in [0.15, 0.2) is 24.3 Å². The molecule has 2 heterocycles. The maximum Gasteiger partial charge on any atom is 0.223 e. The van der Waals surface area contributed by atoms with Crippen LogP contribution in [-0.2, 0) is 21.1 Å². The lowest BCUT2D eigenvalue weighted by atomic mass is 9.94. The van der Waals surface area contributed by atoms with E-state index in [0.717, 1.165) is 32.4 Å². The summed E-state index contributed by atoms with van der Waals surface area (Å²) in [5.41, 5.74) is 0.682. The molecule has 2 fully saturated rings.